The van der Waals surface area contributed by atoms with Gasteiger partial charge in [0.1, 0.15) is 11.4 Å². The van der Waals surface area contributed by atoms with Crippen molar-refractivity contribution < 1.29 is 27.2 Å². The molecule has 190 valence electrons. The van der Waals surface area contributed by atoms with Gasteiger partial charge < -0.3 is 9.15 Å². The first-order valence-corrected chi connectivity index (χ1v) is 13.3. The van der Waals surface area contributed by atoms with Gasteiger partial charge >= 0.3 is 5.97 Å². The summed E-state index contributed by atoms with van der Waals surface area (Å²) in [7, 11) is -2.20. The number of ketones is 1. The molecule has 0 aliphatic carbocycles. The highest BCUT2D eigenvalue weighted by Crippen LogP contribution is 2.27. The Balaban J connectivity index is 1.26. The number of hydrogen-bond acceptors (Lipinski definition) is 8. The summed E-state index contributed by atoms with van der Waals surface area (Å²) in [6, 6.07) is 11.8. The standard InChI is InChI=1S/C26H29N3O6S/c1-18-9-11-20(12-10-18)36(32,33)29-15-13-19(14-16-29)5-3-8-23(30)25-27-17-24(35-25)21-6-4-7-22(28-21)26(31)34-2/h4,6-7,9-12,17,19H,3,5,8,13-16H2,1-2H3. The number of esters is 1. The Morgan fingerprint density at radius 2 is 1.83 bits per heavy atom. The SMILES string of the molecule is COC(=O)c1cccc(-c2cnc(C(=O)CCCC3CCN(S(=O)(=O)c4ccc(C)cc4)CC3)o2)n1. The molecule has 0 spiro atoms. The summed E-state index contributed by atoms with van der Waals surface area (Å²) >= 11 is 0. The lowest BCUT2D eigenvalue weighted by molar-refractivity contribution is 0.0594. The fraction of sp³-hybridized carbons (Fsp3) is 0.385. The van der Waals surface area contributed by atoms with Gasteiger partial charge in [-0.25, -0.2) is 23.2 Å². The lowest BCUT2D eigenvalue weighted by atomic mass is 9.92. The van der Waals surface area contributed by atoms with Gasteiger partial charge in [0.05, 0.1) is 18.2 Å². The zero-order valence-electron chi connectivity index (χ0n) is 20.3. The second-order valence-electron chi connectivity index (χ2n) is 8.91. The molecule has 3 aromatic rings. The molecule has 0 radical (unpaired) electrons. The molecular formula is C26H29N3O6S. The van der Waals surface area contributed by atoms with Crippen LogP contribution in [0.25, 0.3) is 11.5 Å². The molecular weight excluding hydrogens is 482 g/mol. The van der Waals surface area contributed by atoms with Crippen molar-refractivity contribution in [1.82, 2.24) is 14.3 Å². The van der Waals surface area contributed by atoms with Crippen molar-refractivity contribution in [3.63, 3.8) is 0 Å². The first-order chi connectivity index (χ1) is 17.3. The van der Waals surface area contributed by atoms with Crippen LogP contribution < -0.4 is 0 Å². The molecule has 1 aliphatic rings. The molecule has 36 heavy (non-hydrogen) atoms. The van der Waals surface area contributed by atoms with E-state index in [2.05, 4.69) is 14.7 Å². The zero-order chi connectivity index (χ0) is 25.7. The van der Waals surface area contributed by atoms with Crippen molar-refractivity contribution in [2.24, 2.45) is 5.92 Å². The first-order valence-electron chi connectivity index (χ1n) is 11.9. The molecule has 0 unspecified atom stereocenters. The third-order valence-corrected chi connectivity index (χ3v) is 8.30. The maximum absolute atomic E-state index is 12.9. The van der Waals surface area contributed by atoms with Gasteiger partial charge in [-0.1, -0.05) is 23.8 Å². The number of methoxy groups -OCH3 is 1. The number of aryl methyl sites for hydroxylation is 1. The van der Waals surface area contributed by atoms with Crippen LogP contribution in [0.3, 0.4) is 0 Å². The fourth-order valence-corrected chi connectivity index (χ4v) is 5.74. The van der Waals surface area contributed by atoms with Crippen LogP contribution in [0, 0.1) is 12.8 Å². The molecule has 1 saturated heterocycles. The van der Waals surface area contributed by atoms with Crippen molar-refractivity contribution in [3.8, 4) is 11.5 Å². The number of carbonyl (C=O) groups excluding carboxylic acids is 2. The second-order valence-corrected chi connectivity index (χ2v) is 10.8. The third-order valence-electron chi connectivity index (χ3n) is 6.39. The number of pyridine rings is 1. The van der Waals surface area contributed by atoms with E-state index in [1.165, 1.54) is 19.4 Å². The summed E-state index contributed by atoms with van der Waals surface area (Å²) in [6.07, 6.45) is 4.75. The van der Waals surface area contributed by atoms with E-state index in [0.29, 0.717) is 41.8 Å². The van der Waals surface area contributed by atoms with E-state index in [1.807, 2.05) is 19.1 Å². The summed E-state index contributed by atoms with van der Waals surface area (Å²) in [6.45, 7) is 2.89. The molecule has 3 heterocycles. The number of hydrogen-bond donors (Lipinski definition) is 0. The number of aromatic nitrogens is 2. The number of Topliss-reactive ketones (excluding diaryl/α,β-unsaturated/α-hetero) is 1. The highest BCUT2D eigenvalue weighted by molar-refractivity contribution is 7.89. The number of nitrogens with zero attached hydrogens (tertiary/aromatic N) is 3. The predicted octanol–water partition coefficient (Wildman–Crippen LogP) is 4.29. The lowest BCUT2D eigenvalue weighted by Gasteiger charge is -2.31. The molecule has 1 aliphatic heterocycles. The predicted molar refractivity (Wildman–Crippen MR) is 132 cm³/mol. The Kier molecular flexibility index (Phi) is 7.95. The molecule has 0 atom stereocenters. The summed E-state index contributed by atoms with van der Waals surface area (Å²) in [5, 5.41) is 0. The van der Waals surface area contributed by atoms with Crippen LogP contribution in [-0.2, 0) is 14.8 Å². The van der Waals surface area contributed by atoms with E-state index >= 15 is 0 Å². The van der Waals surface area contributed by atoms with Gasteiger partial charge in [0, 0.05) is 19.5 Å². The highest BCUT2D eigenvalue weighted by atomic mass is 32.2. The van der Waals surface area contributed by atoms with E-state index in [9.17, 15) is 18.0 Å². The molecule has 9 nitrogen and oxygen atoms in total. The first kappa shape index (κ1) is 25.7. The van der Waals surface area contributed by atoms with Crippen molar-refractivity contribution in [3.05, 3.63) is 65.8 Å². The minimum absolute atomic E-state index is 0.00859. The van der Waals surface area contributed by atoms with Crippen molar-refractivity contribution in [2.75, 3.05) is 20.2 Å². The fourth-order valence-electron chi connectivity index (χ4n) is 4.27. The molecule has 0 saturated carbocycles. The van der Waals surface area contributed by atoms with Gasteiger partial charge in [-0.3, -0.25) is 4.79 Å². The van der Waals surface area contributed by atoms with E-state index in [-0.39, 0.29) is 23.8 Å². The Morgan fingerprint density at radius 3 is 2.53 bits per heavy atom. The zero-order valence-corrected chi connectivity index (χ0v) is 21.2. The number of piperidine rings is 1. The lowest BCUT2D eigenvalue weighted by Crippen LogP contribution is -2.38. The van der Waals surface area contributed by atoms with Crippen molar-refractivity contribution >= 4 is 21.8 Å². The average molecular weight is 512 g/mol. The number of rotatable bonds is 9. The van der Waals surface area contributed by atoms with Crippen molar-refractivity contribution in [1.29, 1.82) is 0 Å². The molecule has 0 amide bonds. The number of oxazole rings is 1. The van der Waals surface area contributed by atoms with Crippen LogP contribution in [0.5, 0.6) is 0 Å². The normalized spacial score (nSPS) is 15.1. The summed E-state index contributed by atoms with van der Waals surface area (Å²) in [4.78, 5) is 32.9. The van der Waals surface area contributed by atoms with E-state index < -0.39 is 16.0 Å². The van der Waals surface area contributed by atoms with Crippen LogP contribution in [0.2, 0.25) is 0 Å². The number of sulfonamides is 1. The van der Waals surface area contributed by atoms with Crippen LogP contribution in [0.15, 0.2) is 58.0 Å². The van der Waals surface area contributed by atoms with Crippen LogP contribution in [0.4, 0.5) is 0 Å². The minimum atomic E-state index is -3.47. The minimum Gasteiger partial charge on any atom is -0.464 e. The Labute approximate surface area is 210 Å². The quantitative estimate of drug-likeness (QED) is 0.308. The maximum Gasteiger partial charge on any atom is 0.356 e. The van der Waals surface area contributed by atoms with Gasteiger partial charge in [-0.05, 0) is 62.8 Å². The third kappa shape index (κ3) is 5.88. The summed E-state index contributed by atoms with van der Waals surface area (Å²) < 4.78 is 37.6. The van der Waals surface area contributed by atoms with Gasteiger partial charge in [0.15, 0.2) is 5.76 Å². The van der Waals surface area contributed by atoms with E-state index in [0.717, 1.165) is 24.8 Å². The van der Waals surface area contributed by atoms with Crippen molar-refractivity contribution in [2.45, 2.75) is 43.9 Å². The van der Waals surface area contributed by atoms with Gasteiger partial charge in [-0.2, -0.15) is 4.31 Å². The number of benzene rings is 1. The Bertz CT molecular complexity index is 1330. The maximum atomic E-state index is 12.9. The molecule has 2 aromatic heterocycles. The number of carbonyl (C=O) groups is 2. The molecule has 1 fully saturated rings. The summed E-state index contributed by atoms with van der Waals surface area (Å²) in [5.74, 6) is -0.0933. The highest BCUT2D eigenvalue weighted by Gasteiger charge is 2.29. The van der Waals surface area contributed by atoms with E-state index in [1.54, 1.807) is 28.6 Å². The molecule has 0 bridgehead atoms. The van der Waals surface area contributed by atoms with E-state index in [4.69, 9.17) is 4.42 Å². The largest absolute Gasteiger partial charge is 0.464 e. The topological polar surface area (TPSA) is 120 Å². The molecule has 1 aromatic carbocycles. The second kappa shape index (κ2) is 11.1. The average Bonchev–Trinajstić information content (AvgIpc) is 3.39. The van der Waals surface area contributed by atoms with Gasteiger partial charge in [-0.15, -0.1) is 0 Å². The van der Waals surface area contributed by atoms with Crippen LogP contribution >= 0.6 is 0 Å². The van der Waals surface area contributed by atoms with Gasteiger partial charge in [0.2, 0.25) is 15.8 Å². The Morgan fingerprint density at radius 1 is 1.11 bits per heavy atom. The monoisotopic (exact) mass is 511 g/mol. The van der Waals surface area contributed by atoms with Crippen LogP contribution in [0.1, 0.15) is 58.8 Å². The smallest absolute Gasteiger partial charge is 0.356 e. The summed E-state index contributed by atoms with van der Waals surface area (Å²) in [5.41, 5.74) is 1.54. The molecule has 4 rings (SSSR count). The molecule has 0 N–H and O–H groups in total. The van der Waals surface area contributed by atoms with Gasteiger partial charge in [0.25, 0.3) is 5.89 Å². The Hall–Kier alpha value is -3.37. The molecule has 10 heteroatoms. The number of ether oxygens (including phenoxy) is 1. The van der Waals surface area contributed by atoms with Crippen LogP contribution in [-0.4, -0.2) is 54.6 Å².